The summed E-state index contributed by atoms with van der Waals surface area (Å²) in [5.74, 6) is 1.07. The van der Waals surface area contributed by atoms with Crippen LogP contribution in [0.5, 0.6) is 0 Å². The lowest BCUT2D eigenvalue weighted by Crippen LogP contribution is -2.69. The summed E-state index contributed by atoms with van der Waals surface area (Å²) in [5.41, 5.74) is 2.28. The Bertz CT molecular complexity index is 752. The molecular formula is C22H35IN4O2. The molecule has 2 aliphatic rings. The van der Waals surface area contributed by atoms with Crippen molar-refractivity contribution in [2.24, 2.45) is 10.4 Å². The van der Waals surface area contributed by atoms with Crippen LogP contribution < -0.4 is 10.6 Å². The van der Waals surface area contributed by atoms with Gasteiger partial charge in [-0.1, -0.05) is 38.1 Å². The second-order valence-corrected chi connectivity index (χ2v) is 8.72. The van der Waals surface area contributed by atoms with Gasteiger partial charge in [0.15, 0.2) is 5.96 Å². The second kappa shape index (κ2) is 9.64. The Morgan fingerprint density at radius 1 is 1.31 bits per heavy atom. The van der Waals surface area contributed by atoms with E-state index in [1.807, 2.05) is 4.90 Å². The molecule has 162 valence electrons. The molecule has 0 spiro atoms. The molecule has 1 aliphatic carbocycles. The first-order chi connectivity index (χ1) is 13.3. The Labute approximate surface area is 191 Å². The number of guanidine groups is 1. The van der Waals surface area contributed by atoms with Crippen LogP contribution in [-0.4, -0.2) is 49.1 Å². The Hall–Kier alpha value is -1.35. The molecule has 2 unspecified atom stereocenters. The molecule has 29 heavy (non-hydrogen) atoms. The van der Waals surface area contributed by atoms with E-state index >= 15 is 0 Å². The van der Waals surface area contributed by atoms with Crippen LogP contribution in [0.3, 0.4) is 0 Å². The van der Waals surface area contributed by atoms with Crippen molar-refractivity contribution >= 4 is 35.8 Å². The fourth-order valence-corrected chi connectivity index (χ4v) is 4.20. The Morgan fingerprint density at radius 2 is 2.03 bits per heavy atom. The number of carbonyl (C=O) groups is 1. The average Bonchev–Trinajstić information content (AvgIpc) is 3.08. The molecule has 0 radical (unpaired) electrons. The summed E-state index contributed by atoms with van der Waals surface area (Å²) in [4.78, 5) is 18.2. The third-order valence-corrected chi connectivity index (χ3v) is 6.81. The van der Waals surface area contributed by atoms with E-state index in [4.69, 9.17) is 4.74 Å². The highest BCUT2D eigenvalue weighted by Gasteiger charge is 2.58. The maximum absolute atomic E-state index is 11.9. The van der Waals surface area contributed by atoms with Crippen LogP contribution in [0.1, 0.15) is 51.2 Å². The standard InChI is InChI=1S/C22H34N4O2.HI/c1-21(2)18(13-22(21,3)28-5)25-20(23-4)24-14-16-8-6-9-17(12-16)15-26-11-7-10-19(26)27;/h6,8-9,12,18H,7,10-11,13-15H2,1-5H3,(H2,23,24,25);1H. The summed E-state index contributed by atoms with van der Waals surface area (Å²) in [7, 11) is 3.58. The van der Waals surface area contributed by atoms with Gasteiger partial charge in [-0.15, -0.1) is 24.0 Å². The predicted octanol–water partition coefficient (Wildman–Crippen LogP) is 3.30. The topological polar surface area (TPSA) is 66.0 Å². The molecule has 1 saturated carbocycles. The zero-order chi connectivity index (χ0) is 20.4. The molecule has 7 heteroatoms. The number of benzene rings is 1. The van der Waals surface area contributed by atoms with Gasteiger partial charge in [0.1, 0.15) is 0 Å². The number of hydrogen-bond donors (Lipinski definition) is 2. The third kappa shape index (κ3) is 5.05. The fraction of sp³-hybridized carbons (Fsp3) is 0.636. The molecule has 2 fully saturated rings. The third-order valence-electron chi connectivity index (χ3n) is 6.81. The van der Waals surface area contributed by atoms with Crippen LogP contribution in [0.25, 0.3) is 0 Å². The van der Waals surface area contributed by atoms with Crippen LogP contribution in [-0.2, 0) is 22.6 Å². The van der Waals surface area contributed by atoms with Gasteiger partial charge in [0.25, 0.3) is 0 Å². The smallest absolute Gasteiger partial charge is 0.222 e. The van der Waals surface area contributed by atoms with Gasteiger partial charge in [0.05, 0.1) is 5.60 Å². The van der Waals surface area contributed by atoms with E-state index in [0.29, 0.717) is 25.6 Å². The molecule has 1 aliphatic heterocycles. The van der Waals surface area contributed by atoms with E-state index in [1.54, 1.807) is 14.2 Å². The van der Waals surface area contributed by atoms with E-state index in [-0.39, 0.29) is 40.9 Å². The molecule has 0 aromatic heterocycles. The van der Waals surface area contributed by atoms with Crippen LogP contribution in [0.15, 0.2) is 29.3 Å². The van der Waals surface area contributed by atoms with Crippen molar-refractivity contribution in [3.63, 3.8) is 0 Å². The minimum atomic E-state index is -0.106. The zero-order valence-corrected chi connectivity index (χ0v) is 20.6. The highest BCUT2D eigenvalue weighted by Crippen LogP contribution is 2.51. The predicted molar refractivity (Wildman–Crippen MR) is 127 cm³/mol. The highest BCUT2D eigenvalue weighted by molar-refractivity contribution is 14.0. The van der Waals surface area contributed by atoms with Crippen molar-refractivity contribution in [2.75, 3.05) is 20.7 Å². The molecule has 1 heterocycles. The van der Waals surface area contributed by atoms with Crippen LogP contribution in [0, 0.1) is 5.41 Å². The normalized spacial score (nSPS) is 26.0. The molecular weight excluding hydrogens is 479 g/mol. The van der Waals surface area contributed by atoms with Crippen molar-refractivity contribution in [2.45, 2.75) is 64.8 Å². The summed E-state index contributed by atoms with van der Waals surface area (Å²) < 4.78 is 5.71. The van der Waals surface area contributed by atoms with Gasteiger partial charge in [0, 0.05) is 51.7 Å². The van der Waals surface area contributed by atoms with E-state index in [2.05, 4.69) is 60.7 Å². The number of aliphatic imine (C=N–C) groups is 1. The summed E-state index contributed by atoms with van der Waals surface area (Å²) in [6.45, 7) is 8.89. The first-order valence-corrected chi connectivity index (χ1v) is 10.2. The Kier molecular flexibility index (Phi) is 7.95. The SMILES string of the molecule is CN=C(NCc1cccc(CN2CCCC2=O)c1)NC1CC(C)(OC)C1(C)C.I. The lowest BCUT2D eigenvalue weighted by molar-refractivity contribution is -0.176. The maximum atomic E-state index is 11.9. The van der Waals surface area contributed by atoms with Gasteiger partial charge in [-0.05, 0) is 30.9 Å². The second-order valence-electron chi connectivity index (χ2n) is 8.72. The molecule has 2 atom stereocenters. The number of nitrogens with one attached hydrogen (secondary N) is 2. The number of ether oxygens (including phenoxy) is 1. The van der Waals surface area contributed by atoms with Crippen LogP contribution >= 0.6 is 24.0 Å². The monoisotopic (exact) mass is 514 g/mol. The number of carbonyl (C=O) groups excluding carboxylic acids is 1. The van der Waals surface area contributed by atoms with Crippen molar-refractivity contribution in [1.29, 1.82) is 0 Å². The summed E-state index contributed by atoms with van der Waals surface area (Å²) in [6, 6.07) is 8.73. The van der Waals surface area contributed by atoms with E-state index in [9.17, 15) is 4.79 Å². The summed E-state index contributed by atoms with van der Waals surface area (Å²) >= 11 is 0. The largest absolute Gasteiger partial charge is 0.378 e. The number of likely N-dealkylation sites (tertiary alicyclic amines) is 1. The Balaban J connectivity index is 0.00000300. The molecule has 1 amide bonds. The zero-order valence-electron chi connectivity index (χ0n) is 18.2. The number of hydrogen-bond acceptors (Lipinski definition) is 3. The number of rotatable bonds is 6. The molecule has 1 aromatic carbocycles. The van der Waals surface area contributed by atoms with Crippen molar-refractivity contribution in [3.8, 4) is 0 Å². The molecule has 2 N–H and O–H groups in total. The summed E-state index contributed by atoms with van der Waals surface area (Å²) in [5, 5.41) is 6.95. The number of halogens is 1. The van der Waals surface area contributed by atoms with Gasteiger partial charge in [-0.2, -0.15) is 0 Å². The molecule has 1 aromatic rings. The van der Waals surface area contributed by atoms with Gasteiger partial charge in [-0.3, -0.25) is 9.79 Å². The van der Waals surface area contributed by atoms with Gasteiger partial charge < -0.3 is 20.3 Å². The van der Waals surface area contributed by atoms with Gasteiger partial charge >= 0.3 is 0 Å². The molecule has 3 rings (SSSR count). The maximum Gasteiger partial charge on any atom is 0.222 e. The Morgan fingerprint density at radius 3 is 2.62 bits per heavy atom. The highest BCUT2D eigenvalue weighted by atomic mass is 127. The van der Waals surface area contributed by atoms with Crippen molar-refractivity contribution < 1.29 is 9.53 Å². The van der Waals surface area contributed by atoms with E-state index in [0.717, 1.165) is 25.3 Å². The summed E-state index contributed by atoms with van der Waals surface area (Å²) in [6.07, 6.45) is 2.61. The lowest BCUT2D eigenvalue weighted by atomic mass is 9.56. The lowest BCUT2D eigenvalue weighted by Gasteiger charge is -2.59. The minimum Gasteiger partial charge on any atom is -0.378 e. The molecule has 1 saturated heterocycles. The first-order valence-electron chi connectivity index (χ1n) is 10.2. The van der Waals surface area contributed by atoms with Crippen molar-refractivity contribution in [3.05, 3.63) is 35.4 Å². The average molecular weight is 514 g/mol. The van der Waals surface area contributed by atoms with Gasteiger partial charge in [0.2, 0.25) is 5.91 Å². The quantitative estimate of drug-likeness (QED) is 0.348. The van der Waals surface area contributed by atoms with Crippen LogP contribution in [0.2, 0.25) is 0 Å². The number of methoxy groups -OCH3 is 1. The number of nitrogens with zero attached hydrogens (tertiary/aromatic N) is 2. The molecule has 0 bridgehead atoms. The van der Waals surface area contributed by atoms with E-state index < -0.39 is 0 Å². The van der Waals surface area contributed by atoms with E-state index in [1.165, 1.54) is 11.1 Å². The molecule has 6 nitrogen and oxygen atoms in total. The fourth-order valence-electron chi connectivity index (χ4n) is 4.20. The minimum absolute atomic E-state index is 0. The van der Waals surface area contributed by atoms with Crippen molar-refractivity contribution in [1.82, 2.24) is 15.5 Å². The van der Waals surface area contributed by atoms with Crippen LogP contribution in [0.4, 0.5) is 0 Å². The number of amides is 1. The first kappa shape index (κ1) is 23.9. The van der Waals surface area contributed by atoms with Gasteiger partial charge in [-0.25, -0.2) is 0 Å².